The molecule has 0 saturated carbocycles. The van der Waals surface area contributed by atoms with Crippen molar-refractivity contribution in [2.45, 2.75) is 24.8 Å². The Balaban J connectivity index is 1.73. The van der Waals surface area contributed by atoms with Crippen LogP contribution < -0.4 is 9.47 Å². The van der Waals surface area contributed by atoms with Crippen molar-refractivity contribution in [3.05, 3.63) is 57.5 Å². The van der Waals surface area contributed by atoms with Gasteiger partial charge in [-0.1, -0.05) is 46.8 Å². The fraction of sp³-hybridized carbons (Fsp3) is 0.250. The number of hydrogen-bond acceptors (Lipinski definition) is 5. The summed E-state index contributed by atoms with van der Waals surface area (Å²) in [5, 5.41) is 2.79. The lowest BCUT2D eigenvalue weighted by molar-refractivity contribution is -0.665. The van der Waals surface area contributed by atoms with E-state index in [9.17, 15) is 8.42 Å². The first-order valence-corrected chi connectivity index (χ1v) is 12.8. The van der Waals surface area contributed by atoms with E-state index in [0.29, 0.717) is 18.0 Å². The van der Waals surface area contributed by atoms with Crippen molar-refractivity contribution in [3.8, 4) is 0 Å². The van der Waals surface area contributed by atoms with Crippen molar-refractivity contribution < 1.29 is 17.5 Å². The molecule has 9 heteroatoms. The highest BCUT2D eigenvalue weighted by Crippen LogP contribution is 2.47. The van der Waals surface area contributed by atoms with E-state index >= 15 is 0 Å². The number of para-hydroxylation sites is 1. The van der Waals surface area contributed by atoms with Crippen LogP contribution in [0.25, 0.3) is 16.3 Å². The van der Waals surface area contributed by atoms with Gasteiger partial charge in [-0.25, -0.2) is 0 Å². The minimum absolute atomic E-state index is 0.269. The van der Waals surface area contributed by atoms with Crippen LogP contribution >= 0.6 is 34.7 Å². The van der Waals surface area contributed by atoms with Crippen LogP contribution in [-0.4, -0.2) is 25.3 Å². The van der Waals surface area contributed by atoms with Crippen molar-refractivity contribution in [1.82, 2.24) is 0 Å². The lowest BCUT2D eigenvalue weighted by Crippen LogP contribution is -2.33. The van der Waals surface area contributed by atoms with Crippen LogP contribution in [0.4, 0.5) is 5.69 Å². The van der Waals surface area contributed by atoms with E-state index in [1.54, 1.807) is 23.1 Å². The third-order valence-electron chi connectivity index (χ3n) is 4.68. The Morgan fingerprint density at radius 1 is 1.24 bits per heavy atom. The minimum Gasteiger partial charge on any atom is -0.335 e. The van der Waals surface area contributed by atoms with E-state index < -0.39 is 10.1 Å². The predicted molar refractivity (Wildman–Crippen MR) is 121 cm³/mol. The largest absolute Gasteiger partial charge is 0.335 e. The maximum atomic E-state index is 11.2. The summed E-state index contributed by atoms with van der Waals surface area (Å²) in [5.41, 5.74) is 2.17. The summed E-state index contributed by atoms with van der Waals surface area (Å²) in [6, 6.07) is 14.1. The molecule has 2 heterocycles. The number of benzene rings is 2. The van der Waals surface area contributed by atoms with Gasteiger partial charge in [0.15, 0.2) is 0 Å². The molecular formula is C20H20ClN2O3S3+. The van der Waals surface area contributed by atoms with E-state index in [2.05, 4.69) is 34.6 Å². The zero-order valence-electron chi connectivity index (χ0n) is 15.7. The number of thioether (sulfide) groups is 1. The molecule has 0 fully saturated rings. The van der Waals surface area contributed by atoms with Crippen LogP contribution in [0.15, 0.2) is 52.4 Å². The van der Waals surface area contributed by atoms with Crippen LogP contribution in [0.5, 0.6) is 0 Å². The first kappa shape index (κ1) is 20.7. The highest BCUT2D eigenvalue weighted by Gasteiger charge is 2.28. The Morgan fingerprint density at radius 3 is 2.79 bits per heavy atom. The molecule has 29 heavy (non-hydrogen) atoms. The van der Waals surface area contributed by atoms with Crippen molar-refractivity contribution in [1.29, 1.82) is 0 Å². The standard InChI is InChI=1S/C20H19ClN2O3S3/c1-2-22-15-6-3-4-7-17(15)27-19(22)13-20-23(10-5-11-29(24,25)26)16-12-14(21)8-9-18(16)28-20/h3-4,6-9,12-13H,2,5,10-11H2,1H3/p+1. The molecule has 4 rings (SSSR count). The molecule has 0 radical (unpaired) electrons. The Bertz CT molecular complexity index is 1200. The Labute approximate surface area is 183 Å². The smallest absolute Gasteiger partial charge is 0.265 e. The summed E-state index contributed by atoms with van der Waals surface area (Å²) in [5.74, 6) is -0.269. The van der Waals surface area contributed by atoms with Crippen molar-refractivity contribution in [2.24, 2.45) is 0 Å². The van der Waals surface area contributed by atoms with Gasteiger partial charge < -0.3 is 4.90 Å². The van der Waals surface area contributed by atoms with Gasteiger partial charge in [-0.3, -0.25) is 4.55 Å². The second-order valence-corrected chi connectivity index (χ2v) is 10.8. The minimum atomic E-state index is -3.99. The molecule has 0 bridgehead atoms. The molecule has 5 nitrogen and oxygen atoms in total. The average molecular weight is 468 g/mol. The van der Waals surface area contributed by atoms with Crippen LogP contribution in [0, 0.1) is 0 Å². The molecule has 1 aliphatic heterocycles. The molecular weight excluding hydrogens is 448 g/mol. The zero-order chi connectivity index (χ0) is 20.6. The number of aryl methyl sites for hydroxylation is 1. The van der Waals surface area contributed by atoms with Gasteiger partial charge in [-0.15, -0.1) is 0 Å². The van der Waals surface area contributed by atoms with Gasteiger partial charge in [0.25, 0.3) is 15.1 Å². The third kappa shape index (κ3) is 4.46. The number of fused-ring (bicyclic) bond motifs is 2. The molecule has 0 atom stereocenters. The summed E-state index contributed by atoms with van der Waals surface area (Å²) in [6.07, 6.45) is 2.48. The Morgan fingerprint density at radius 2 is 2.03 bits per heavy atom. The maximum Gasteiger partial charge on any atom is 0.265 e. The van der Waals surface area contributed by atoms with Gasteiger partial charge in [-0.2, -0.15) is 13.0 Å². The van der Waals surface area contributed by atoms with Gasteiger partial charge in [0.1, 0.15) is 11.2 Å². The normalized spacial score (nSPS) is 15.4. The molecule has 0 saturated heterocycles. The Kier molecular flexibility index (Phi) is 5.90. The summed E-state index contributed by atoms with van der Waals surface area (Å²) in [7, 11) is -3.99. The summed E-state index contributed by atoms with van der Waals surface area (Å²) in [4.78, 5) is 3.17. The molecule has 1 aromatic heterocycles. The summed E-state index contributed by atoms with van der Waals surface area (Å²) < 4.78 is 34.9. The van der Waals surface area contributed by atoms with E-state index in [4.69, 9.17) is 16.2 Å². The molecule has 0 spiro atoms. The van der Waals surface area contributed by atoms with Crippen molar-refractivity contribution >= 4 is 66.8 Å². The molecule has 0 aliphatic carbocycles. The van der Waals surface area contributed by atoms with Crippen LogP contribution in [-0.2, 0) is 16.7 Å². The van der Waals surface area contributed by atoms with Crippen LogP contribution in [0.3, 0.4) is 0 Å². The second-order valence-electron chi connectivity index (χ2n) is 6.64. The topological polar surface area (TPSA) is 61.5 Å². The lowest BCUT2D eigenvalue weighted by Gasteiger charge is -2.20. The molecule has 2 aromatic carbocycles. The highest BCUT2D eigenvalue weighted by molar-refractivity contribution is 8.03. The maximum absolute atomic E-state index is 11.2. The van der Waals surface area contributed by atoms with Gasteiger partial charge in [0.05, 0.1) is 22.5 Å². The molecule has 0 unspecified atom stereocenters. The number of aromatic nitrogens is 1. The molecule has 152 valence electrons. The zero-order valence-corrected chi connectivity index (χ0v) is 18.9. The van der Waals surface area contributed by atoms with Crippen molar-refractivity contribution in [3.63, 3.8) is 0 Å². The van der Waals surface area contributed by atoms with Crippen molar-refractivity contribution in [2.75, 3.05) is 17.2 Å². The van der Waals surface area contributed by atoms with Crippen LogP contribution in [0.1, 0.15) is 18.4 Å². The van der Waals surface area contributed by atoms with E-state index in [0.717, 1.165) is 27.2 Å². The van der Waals surface area contributed by atoms with Crippen LogP contribution in [0.2, 0.25) is 5.02 Å². The fourth-order valence-corrected chi connectivity index (χ4v) is 6.41. The van der Waals surface area contributed by atoms with Gasteiger partial charge in [0.2, 0.25) is 5.52 Å². The molecule has 3 aromatic rings. The number of hydrogen-bond donors (Lipinski definition) is 1. The van der Waals surface area contributed by atoms with E-state index in [1.165, 1.54) is 10.2 Å². The fourth-order valence-electron chi connectivity index (χ4n) is 3.41. The number of anilines is 1. The Hall–Kier alpha value is -1.58. The SMILES string of the molecule is CC[n+]1c(/C=C2\Sc3ccc(Cl)cc3N2CCCS(=O)(=O)O)sc2ccccc21. The lowest BCUT2D eigenvalue weighted by atomic mass is 10.2. The number of nitrogens with zero attached hydrogens (tertiary/aromatic N) is 2. The monoisotopic (exact) mass is 467 g/mol. The van der Waals surface area contributed by atoms with Gasteiger partial charge in [0, 0.05) is 22.5 Å². The molecule has 1 aliphatic rings. The first-order chi connectivity index (χ1) is 13.9. The van der Waals surface area contributed by atoms with Gasteiger partial charge >= 0.3 is 0 Å². The summed E-state index contributed by atoms with van der Waals surface area (Å²) >= 11 is 9.59. The number of thiazole rings is 1. The quantitative estimate of drug-likeness (QED) is 0.406. The van der Waals surface area contributed by atoms with E-state index in [-0.39, 0.29) is 5.75 Å². The average Bonchev–Trinajstić information content (AvgIpc) is 3.18. The molecule has 1 N–H and O–H groups in total. The second kappa shape index (κ2) is 8.28. The van der Waals surface area contributed by atoms with E-state index in [1.807, 2.05) is 30.3 Å². The molecule has 0 amide bonds. The summed E-state index contributed by atoms with van der Waals surface area (Å²) in [6.45, 7) is 3.46. The first-order valence-electron chi connectivity index (χ1n) is 9.19. The third-order valence-corrected chi connectivity index (χ3v) is 7.94. The highest BCUT2D eigenvalue weighted by atomic mass is 35.5. The van der Waals surface area contributed by atoms with Gasteiger partial charge in [-0.05, 0) is 37.6 Å². The predicted octanol–water partition coefficient (Wildman–Crippen LogP) is 5.05. The number of halogens is 1. The number of rotatable bonds is 6.